The van der Waals surface area contributed by atoms with Crippen LogP contribution in [0.15, 0.2) is 40.9 Å². The lowest BCUT2D eigenvalue weighted by molar-refractivity contribution is 0.416. The molecule has 0 saturated heterocycles. The maximum atomic E-state index is 9.46. The van der Waals surface area contributed by atoms with Gasteiger partial charge in [-0.1, -0.05) is 12.1 Å². The zero-order valence-electron chi connectivity index (χ0n) is 10.9. The summed E-state index contributed by atoms with van der Waals surface area (Å²) in [5.74, 6) is 0.825. The van der Waals surface area contributed by atoms with Crippen molar-refractivity contribution in [3.8, 4) is 17.6 Å². The lowest BCUT2D eigenvalue weighted by Crippen LogP contribution is -2.03. The minimum Gasteiger partial charge on any atom is -0.507 e. The second kappa shape index (κ2) is 6.31. The predicted octanol–water partition coefficient (Wildman–Crippen LogP) is 3.65. The van der Waals surface area contributed by atoms with E-state index >= 15 is 0 Å². The number of benzene rings is 2. The quantitative estimate of drug-likeness (QED) is 0.896. The molecule has 5 heteroatoms. The Morgan fingerprint density at radius 3 is 2.80 bits per heavy atom. The first-order valence-electron chi connectivity index (χ1n) is 5.94. The van der Waals surface area contributed by atoms with Crippen molar-refractivity contribution in [1.82, 2.24) is 0 Å². The van der Waals surface area contributed by atoms with E-state index in [9.17, 15) is 5.11 Å². The number of hydrogen-bond donors (Lipinski definition) is 2. The third kappa shape index (κ3) is 3.03. The van der Waals surface area contributed by atoms with E-state index in [4.69, 9.17) is 10.00 Å². The minimum absolute atomic E-state index is 0.198. The van der Waals surface area contributed by atoms with Gasteiger partial charge >= 0.3 is 0 Å². The molecule has 0 spiro atoms. The average molecular weight is 333 g/mol. The zero-order chi connectivity index (χ0) is 14.5. The standard InChI is InChI=1S/C15H13BrN2O2/c1-20-14-4-2-3-11(8-17)15(14)18-9-10-5-6-13(19)12(16)7-10/h2-7,18-19H,9H2,1H3. The van der Waals surface area contributed by atoms with Crippen LogP contribution in [0.3, 0.4) is 0 Å². The summed E-state index contributed by atoms with van der Waals surface area (Å²) in [5, 5.41) is 21.8. The molecular formula is C15H13BrN2O2. The first-order valence-corrected chi connectivity index (χ1v) is 6.73. The molecule has 2 rings (SSSR count). The van der Waals surface area contributed by atoms with E-state index in [2.05, 4.69) is 27.3 Å². The number of phenols is 1. The van der Waals surface area contributed by atoms with Crippen LogP contribution in [0.1, 0.15) is 11.1 Å². The van der Waals surface area contributed by atoms with Gasteiger partial charge in [0.15, 0.2) is 0 Å². The van der Waals surface area contributed by atoms with Gasteiger partial charge in [0.1, 0.15) is 17.6 Å². The molecule has 0 aliphatic rings. The van der Waals surface area contributed by atoms with Gasteiger partial charge in [-0.2, -0.15) is 5.26 Å². The van der Waals surface area contributed by atoms with E-state index in [1.54, 1.807) is 31.4 Å². The molecule has 0 bridgehead atoms. The van der Waals surface area contributed by atoms with Crippen LogP contribution >= 0.6 is 15.9 Å². The van der Waals surface area contributed by atoms with E-state index in [1.807, 2.05) is 12.1 Å². The third-order valence-corrected chi connectivity index (χ3v) is 3.48. The molecule has 102 valence electrons. The van der Waals surface area contributed by atoms with Crippen LogP contribution in [0.2, 0.25) is 0 Å². The number of methoxy groups -OCH3 is 1. The second-order valence-corrected chi connectivity index (χ2v) is 4.99. The van der Waals surface area contributed by atoms with Crippen LogP contribution in [0.25, 0.3) is 0 Å². The molecule has 0 fully saturated rings. The first-order chi connectivity index (χ1) is 9.65. The van der Waals surface area contributed by atoms with E-state index in [1.165, 1.54) is 0 Å². The number of nitriles is 1. The Morgan fingerprint density at radius 1 is 1.35 bits per heavy atom. The van der Waals surface area contributed by atoms with Crippen LogP contribution in [0.4, 0.5) is 5.69 Å². The lowest BCUT2D eigenvalue weighted by atomic mass is 10.1. The third-order valence-electron chi connectivity index (χ3n) is 2.85. The molecule has 0 unspecified atom stereocenters. The molecule has 2 aromatic carbocycles. The second-order valence-electron chi connectivity index (χ2n) is 4.13. The van der Waals surface area contributed by atoms with E-state index in [0.29, 0.717) is 28.0 Å². The van der Waals surface area contributed by atoms with Crippen LogP contribution in [0.5, 0.6) is 11.5 Å². The van der Waals surface area contributed by atoms with Crippen molar-refractivity contribution in [2.45, 2.75) is 6.54 Å². The van der Waals surface area contributed by atoms with Gasteiger partial charge in [0, 0.05) is 6.54 Å². The summed E-state index contributed by atoms with van der Waals surface area (Å²) in [6.07, 6.45) is 0. The predicted molar refractivity (Wildman–Crippen MR) is 80.8 cm³/mol. The summed E-state index contributed by atoms with van der Waals surface area (Å²) in [6.45, 7) is 0.522. The number of aromatic hydroxyl groups is 1. The van der Waals surface area contributed by atoms with Gasteiger partial charge in [-0.15, -0.1) is 0 Å². The van der Waals surface area contributed by atoms with Gasteiger partial charge in [0.2, 0.25) is 0 Å². The van der Waals surface area contributed by atoms with Crippen molar-refractivity contribution in [3.63, 3.8) is 0 Å². The minimum atomic E-state index is 0.198. The highest BCUT2D eigenvalue weighted by atomic mass is 79.9. The number of nitrogens with zero attached hydrogens (tertiary/aromatic N) is 1. The highest BCUT2D eigenvalue weighted by molar-refractivity contribution is 9.10. The number of ether oxygens (including phenoxy) is 1. The van der Waals surface area contributed by atoms with Crippen LogP contribution in [0, 0.1) is 11.3 Å². The Hall–Kier alpha value is -2.19. The highest BCUT2D eigenvalue weighted by Gasteiger charge is 2.08. The van der Waals surface area contributed by atoms with Gasteiger partial charge in [0.05, 0.1) is 22.8 Å². The van der Waals surface area contributed by atoms with Gasteiger partial charge in [-0.25, -0.2) is 0 Å². The molecule has 0 atom stereocenters. The van der Waals surface area contributed by atoms with Crippen molar-refractivity contribution < 1.29 is 9.84 Å². The molecule has 4 nitrogen and oxygen atoms in total. The number of halogens is 1. The van der Waals surface area contributed by atoms with E-state index < -0.39 is 0 Å². The summed E-state index contributed by atoms with van der Waals surface area (Å²) in [5.41, 5.74) is 2.17. The van der Waals surface area contributed by atoms with Gasteiger partial charge in [-0.3, -0.25) is 0 Å². The fraction of sp³-hybridized carbons (Fsp3) is 0.133. The van der Waals surface area contributed by atoms with Crippen molar-refractivity contribution in [1.29, 1.82) is 5.26 Å². The van der Waals surface area contributed by atoms with E-state index in [-0.39, 0.29) is 5.75 Å². The maximum Gasteiger partial charge on any atom is 0.143 e. The molecule has 0 aromatic heterocycles. The zero-order valence-corrected chi connectivity index (χ0v) is 12.4. The smallest absolute Gasteiger partial charge is 0.143 e. The maximum absolute atomic E-state index is 9.46. The Labute approximate surface area is 125 Å². The van der Waals surface area contributed by atoms with E-state index in [0.717, 1.165) is 5.56 Å². The topological polar surface area (TPSA) is 65.3 Å². The fourth-order valence-corrected chi connectivity index (χ4v) is 2.25. The molecule has 2 aromatic rings. The normalized spacial score (nSPS) is 9.85. The summed E-state index contributed by atoms with van der Waals surface area (Å²) >= 11 is 3.27. The molecular weight excluding hydrogens is 320 g/mol. The number of nitrogens with one attached hydrogen (secondary N) is 1. The average Bonchev–Trinajstić information content (AvgIpc) is 2.48. The SMILES string of the molecule is COc1cccc(C#N)c1NCc1ccc(O)c(Br)c1. The monoisotopic (exact) mass is 332 g/mol. The van der Waals surface area contributed by atoms with Crippen molar-refractivity contribution in [3.05, 3.63) is 52.0 Å². The molecule has 0 aliphatic heterocycles. The Kier molecular flexibility index (Phi) is 4.49. The highest BCUT2D eigenvalue weighted by Crippen LogP contribution is 2.29. The molecule has 20 heavy (non-hydrogen) atoms. The number of rotatable bonds is 4. The molecule has 0 radical (unpaired) electrons. The Morgan fingerprint density at radius 2 is 2.15 bits per heavy atom. The number of hydrogen-bond acceptors (Lipinski definition) is 4. The van der Waals surface area contributed by atoms with Crippen molar-refractivity contribution in [2.24, 2.45) is 0 Å². The molecule has 0 saturated carbocycles. The molecule has 2 N–H and O–H groups in total. The largest absolute Gasteiger partial charge is 0.507 e. The number of phenolic OH excluding ortho intramolecular Hbond substituents is 1. The summed E-state index contributed by atoms with van der Waals surface area (Å²) in [7, 11) is 1.57. The Bertz CT molecular complexity index is 665. The first kappa shape index (κ1) is 14.2. The van der Waals surface area contributed by atoms with Crippen molar-refractivity contribution in [2.75, 3.05) is 12.4 Å². The van der Waals surface area contributed by atoms with Crippen LogP contribution in [-0.4, -0.2) is 12.2 Å². The van der Waals surface area contributed by atoms with Gasteiger partial charge < -0.3 is 15.2 Å². The number of para-hydroxylation sites is 1. The molecule has 0 aliphatic carbocycles. The summed E-state index contributed by atoms with van der Waals surface area (Å²) in [6, 6.07) is 12.7. The Balaban J connectivity index is 2.22. The van der Waals surface area contributed by atoms with Gasteiger partial charge in [-0.05, 0) is 45.8 Å². The van der Waals surface area contributed by atoms with Crippen LogP contribution in [-0.2, 0) is 6.54 Å². The van der Waals surface area contributed by atoms with Crippen LogP contribution < -0.4 is 10.1 Å². The summed E-state index contributed by atoms with van der Waals surface area (Å²) in [4.78, 5) is 0. The fourth-order valence-electron chi connectivity index (χ4n) is 1.83. The van der Waals surface area contributed by atoms with Crippen molar-refractivity contribution >= 4 is 21.6 Å². The molecule has 0 amide bonds. The van der Waals surface area contributed by atoms with Gasteiger partial charge in [0.25, 0.3) is 0 Å². The molecule has 0 heterocycles. The summed E-state index contributed by atoms with van der Waals surface area (Å²) < 4.78 is 5.89. The number of anilines is 1. The lowest BCUT2D eigenvalue weighted by Gasteiger charge is -2.13.